The molecule has 0 aliphatic carbocycles. The number of halogens is 3. The van der Waals surface area contributed by atoms with Crippen LogP contribution in [0, 0.1) is 19.3 Å². The minimum absolute atomic E-state index is 0.198. The van der Waals surface area contributed by atoms with Crippen molar-refractivity contribution in [3.05, 3.63) is 47.3 Å². The number of nitrogens with zero attached hydrogens (tertiary/aromatic N) is 3. The number of hydrogen-bond donors (Lipinski definition) is 1. The van der Waals surface area contributed by atoms with Crippen LogP contribution in [0.5, 0.6) is 0 Å². The van der Waals surface area contributed by atoms with Crippen molar-refractivity contribution in [1.82, 2.24) is 14.7 Å². The fraction of sp³-hybridized carbons (Fsp3) is 0.389. The molecule has 1 saturated heterocycles. The van der Waals surface area contributed by atoms with Crippen molar-refractivity contribution in [2.45, 2.75) is 26.4 Å². The summed E-state index contributed by atoms with van der Waals surface area (Å²) in [7, 11) is 0. The first-order valence-electron chi connectivity index (χ1n) is 8.28. The molecule has 144 valence electrons. The molecule has 0 bridgehead atoms. The first-order chi connectivity index (χ1) is 12.5. The average molecular weight is 381 g/mol. The smallest absolute Gasteiger partial charge is 0.406 e. The van der Waals surface area contributed by atoms with E-state index in [9.17, 15) is 22.8 Å². The quantitative estimate of drug-likeness (QED) is 0.887. The molecule has 6 nitrogen and oxygen atoms in total. The summed E-state index contributed by atoms with van der Waals surface area (Å²) in [5.74, 6) is -2.58. The molecular weight excluding hydrogens is 363 g/mol. The van der Waals surface area contributed by atoms with Gasteiger partial charge in [-0.2, -0.15) is 18.3 Å². The number of amides is 1. The van der Waals surface area contributed by atoms with Gasteiger partial charge in [0.2, 0.25) is 0 Å². The molecule has 0 radical (unpaired) electrons. The standard InChI is InChI=1S/C18H18F3N3O3/c1-11-9-12(2)24(22-11)14-5-3-13(4-6-14)15(25)23-8-7-17(10-23,16(26)27)18(19,20)21/h3-6,9H,7-8,10H2,1-2H3,(H,26,27). The highest BCUT2D eigenvalue weighted by Gasteiger charge is 2.64. The van der Waals surface area contributed by atoms with E-state index in [0.717, 1.165) is 16.3 Å². The van der Waals surface area contributed by atoms with Crippen LogP contribution >= 0.6 is 0 Å². The molecule has 1 atom stereocenters. The van der Waals surface area contributed by atoms with E-state index in [1.54, 1.807) is 16.8 Å². The summed E-state index contributed by atoms with van der Waals surface area (Å²) in [4.78, 5) is 24.7. The highest BCUT2D eigenvalue weighted by molar-refractivity contribution is 5.95. The minimum atomic E-state index is -4.92. The summed E-state index contributed by atoms with van der Waals surface area (Å²) >= 11 is 0. The Morgan fingerprint density at radius 1 is 1.19 bits per heavy atom. The maximum atomic E-state index is 13.3. The number of alkyl halides is 3. The van der Waals surface area contributed by atoms with Gasteiger partial charge in [-0.25, -0.2) is 4.68 Å². The van der Waals surface area contributed by atoms with Crippen LogP contribution in [-0.2, 0) is 4.79 Å². The zero-order valence-electron chi connectivity index (χ0n) is 14.7. The third kappa shape index (κ3) is 3.17. The molecule has 2 aromatic rings. The van der Waals surface area contributed by atoms with Gasteiger partial charge < -0.3 is 10.0 Å². The zero-order valence-corrected chi connectivity index (χ0v) is 14.7. The Bertz CT molecular complexity index is 889. The molecule has 1 unspecified atom stereocenters. The van der Waals surface area contributed by atoms with E-state index < -0.39 is 36.4 Å². The summed E-state index contributed by atoms with van der Waals surface area (Å²) in [5, 5.41) is 13.4. The number of carboxylic acids is 1. The molecule has 1 amide bonds. The van der Waals surface area contributed by atoms with Crippen molar-refractivity contribution in [2.75, 3.05) is 13.1 Å². The van der Waals surface area contributed by atoms with Crippen LogP contribution in [0.25, 0.3) is 5.69 Å². The monoisotopic (exact) mass is 381 g/mol. The van der Waals surface area contributed by atoms with Crippen LogP contribution in [0.4, 0.5) is 13.2 Å². The topological polar surface area (TPSA) is 75.4 Å². The zero-order chi connectivity index (χ0) is 20.0. The molecular formula is C18H18F3N3O3. The van der Waals surface area contributed by atoms with Gasteiger partial charge in [0.25, 0.3) is 5.91 Å². The molecule has 2 heterocycles. The van der Waals surface area contributed by atoms with Gasteiger partial charge in [0.05, 0.1) is 11.4 Å². The summed E-state index contributed by atoms with van der Waals surface area (Å²) < 4.78 is 41.5. The summed E-state index contributed by atoms with van der Waals surface area (Å²) in [6.45, 7) is 2.59. The summed E-state index contributed by atoms with van der Waals surface area (Å²) in [5.41, 5.74) is -0.256. The highest BCUT2D eigenvalue weighted by Crippen LogP contribution is 2.46. The molecule has 1 aromatic heterocycles. The van der Waals surface area contributed by atoms with Gasteiger partial charge in [-0.15, -0.1) is 0 Å². The number of hydrogen-bond acceptors (Lipinski definition) is 3. The molecule has 0 spiro atoms. The minimum Gasteiger partial charge on any atom is -0.481 e. The van der Waals surface area contributed by atoms with Crippen LogP contribution in [-0.4, -0.2) is 50.9 Å². The third-order valence-electron chi connectivity index (χ3n) is 4.88. The molecule has 1 fully saturated rings. The van der Waals surface area contributed by atoms with E-state index in [0.29, 0.717) is 5.69 Å². The van der Waals surface area contributed by atoms with Crippen molar-refractivity contribution >= 4 is 11.9 Å². The Morgan fingerprint density at radius 3 is 2.26 bits per heavy atom. The maximum Gasteiger partial charge on any atom is 0.406 e. The second kappa shape index (κ2) is 6.40. The Hall–Kier alpha value is -2.84. The van der Waals surface area contributed by atoms with Gasteiger partial charge in [-0.1, -0.05) is 0 Å². The van der Waals surface area contributed by atoms with Crippen LogP contribution in [0.3, 0.4) is 0 Å². The Kier molecular flexibility index (Phi) is 4.49. The van der Waals surface area contributed by atoms with Crippen molar-refractivity contribution in [3.63, 3.8) is 0 Å². The SMILES string of the molecule is Cc1cc(C)n(-c2ccc(C(=O)N3CCC(C(=O)O)(C(F)(F)F)C3)cc2)n1. The van der Waals surface area contributed by atoms with Crippen molar-refractivity contribution < 1.29 is 27.9 Å². The Labute approximate surface area is 153 Å². The normalized spacial score (nSPS) is 20.1. The van der Waals surface area contributed by atoms with E-state index in [1.807, 2.05) is 19.9 Å². The number of rotatable bonds is 3. The molecule has 3 rings (SSSR count). The molecule has 1 aliphatic rings. The lowest BCUT2D eigenvalue weighted by molar-refractivity contribution is -0.227. The van der Waals surface area contributed by atoms with Gasteiger partial charge in [0.15, 0.2) is 5.41 Å². The third-order valence-corrected chi connectivity index (χ3v) is 4.88. The number of carboxylic acid groups (broad SMARTS) is 1. The first kappa shape index (κ1) is 18.9. The van der Waals surface area contributed by atoms with E-state index in [1.165, 1.54) is 12.1 Å². The van der Waals surface area contributed by atoms with Crippen LogP contribution in [0.15, 0.2) is 30.3 Å². The number of benzene rings is 1. The number of aromatic nitrogens is 2. The highest BCUT2D eigenvalue weighted by atomic mass is 19.4. The first-order valence-corrected chi connectivity index (χ1v) is 8.28. The van der Waals surface area contributed by atoms with Gasteiger partial charge in [0, 0.05) is 24.3 Å². The van der Waals surface area contributed by atoms with Gasteiger partial charge in [0.1, 0.15) is 0 Å². The summed E-state index contributed by atoms with van der Waals surface area (Å²) in [6.07, 6.45) is -5.57. The van der Waals surface area contributed by atoms with E-state index >= 15 is 0 Å². The van der Waals surface area contributed by atoms with Crippen molar-refractivity contribution in [2.24, 2.45) is 5.41 Å². The van der Waals surface area contributed by atoms with Crippen LogP contribution < -0.4 is 0 Å². The van der Waals surface area contributed by atoms with E-state index in [4.69, 9.17) is 5.11 Å². The number of carbonyl (C=O) groups excluding carboxylic acids is 1. The van der Waals surface area contributed by atoms with Gasteiger partial charge >= 0.3 is 12.1 Å². The molecule has 1 aliphatic heterocycles. The van der Waals surface area contributed by atoms with Crippen LogP contribution in [0.2, 0.25) is 0 Å². The lowest BCUT2D eigenvalue weighted by Crippen LogP contribution is -2.47. The van der Waals surface area contributed by atoms with Crippen molar-refractivity contribution in [1.29, 1.82) is 0 Å². The lowest BCUT2D eigenvalue weighted by Gasteiger charge is -2.27. The largest absolute Gasteiger partial charge is 0.481 e. The summed E-state index contributed by atoms with van der Waals surface area (Å²) in [6, 6.07) is 8.20. The van der Waals surface area contributed by atoms with E-state index in [2.05, 4.69) is 5.10 Å². The number of aliphatic carboxylic acids is 1. The van der Waals surface area contributed by atoms with Crippen molar-refractivity contribution in [3.8, 4) is 5.69 Å². The molecule has 27 heavy (non-hydrogen) atoms. The van der Waals surface area contributed by atoms with Crippen LogP contribution in [0.1, 0.15) is 28.2 Å². The fourth-order valence-corrected chi connectivity index (χ4v) is 3.33. The fourth-order valence-electron chi connectivity index (χ4n) is 3.33. The molecule has 0 saturated carbocycles. The van der Waals surface area contributed by atoms with Gasteiger partial charge in [-0.05, 0) is 50.6 Å². The lowest BCUT2D eigenvalue weighted by atomic mass is 9.86. The average Bonchev–Trinajstić information content (AvgIpc) is 3.18. The predicted molar refractivity (Wildman–Crippen MR) is 89.7 cm³/mol. The number of aryl methyl sites for hydroxylation is 2. The second-order valence-corrected chi connectivity index (χ2v) is 6.75. The van der Waals surface area contributed by atoms with E-state index in [-0.39, 0.29) is 12.1 Å². The number of likely N-dealkylation sites (tertiary alicyclic amines) is 1. The number of carbonyl (C=O) groups is 2. The molecule has 1 aromatic carbocycles. The Balaban J connectivity index is 1.81. The maximum absolute atomic E-state index is 13.3. The second-order valence-electron chi connectivity index (χ2n) is 6.75. The predicted octanol–water partition coefficient (Wildman–Crippen LogP) is 2.97. The molecule has 9 heteroatoms. The van der Waals surface area contributed by atoms with Gasteiger partial charge in [-0.3, -0.25) is 9.59 Å². The molecule has 1 N–H and O–H groups in total. The Morgan fingerprint density at radius 2 is 1.81 bits per heavy atom.